The van der Waals surface area contributed by atoms with Gasteiger partial charge in [0, 0.05) is 0 Å². The minimum absolute atomic E-state index is 0.256. The number of aliphatic hydroxyl groups excluding tert-OH is 7. The first kappa shape index (κ1) is 47.8. The summed E-state index contributed by atoms with van der Waals surface area (Å²) >= 11 is 0. The van der Waals surface area contributed by atoms with Gasteiger partial charge in [0.25, 0.3) is 0 Å². The highest BCUT2D eigenvalue weighted by Gasteiger charge is 2.51. The summed E-state index contributed by atoms with van der Waals surface area (Å²) in [4.78, 5) is 23.2. The van der Waals surface area contributed by atoms with Crippen LogP contribution >= 0.6 is 7.82 Å². The molecule has 13 nitrogen and oxygen atoms in total. The van der Waals surface area contributed by atoms with E-state index in [0.29, 0.717) is 12.8 Å². The van der Waals surface area contributed by atoms with Crippen molar-refractivity contribution in [1.29, 1.82) is 0 Å². The Balaban J connectivity index is 2.69. The van der Waals surface area contributed by atoms with Crippen LogP contribution in [0, 0.1) is 0 Å². The van der Waals surface area contributed by atoms with E-state index in [0.717, 1.165) is 57.8 Å². The molecule has 0 bridgehead atoms. The van der Waals surface area contributed by atoms with Crippen LogP contribution in [0.3, 0.4) is 0 Å². The molecule has 0 saturated heterocycles. The Labute approximate surface area is 305 Å². The summed E-state index contributed by atoms with van der Waals surface area (Å²) in [5.41, 5.74) is 0. The molecular weight excluding hydrogens is 681 g/mol. The van der Waals surface area contributed by atoms with Crippen molar-refractivity contribution in [3.8, 4) is 0 Å². The average Bonchev–Trinajstić information content (AvgIpc) is 3.09. The maximum Gasteiger partial charge on any atom is 0.472 e. The smallest absolute Gasteiger partial charge is 0.393 e. The molecule has 1 rings (SSSR count). The number of amides is 1. The molecule has 14 heteroatoms. The van der Waals surface area contributed by atoms with Crippen molar-refractivity contribution in [3.63, 3.8) is 0 Å². The zero-order chi connectivity index (χ0) is 38.1. The fraction of sp³-hybridized carbons (Fsp3) is 0.865. The number of nitrogens with one attached hydrogen (secondary N) is 1. The van der Waals surface area contributed by atoms with Crippen molar-refractivity contribution >= 4 is 13.7 Å². The van der Waals surface area contributed by atoms with E-state index in [-0.39, 0.29) is 6.42 Å². The van der Waals surface area contributed by atoms with E-state index >= 15 is 0 Å². The summed E-state index contributed by atoms with van der Waals surface area (Å²) < 4.78 is 22.7. The molecule has 1 saturated carbocycles. The second-order valence-corrected chi connectivity index (χ2v) is 15.4. The van der Waals surface area contributed by atoms with E-state index in [4.69, 9.17) is 9.05 Å². The lowest BCUT2D eigenvalue weighted by Crippen LogP contribution is -2.64. The van der Waals surface area contributed by atoms with E-state index in [9.17, 15) is 50.0 Å². The van der Waals surface area contributed by atoms with Crippen molar-refractivity contribution in [3.05, 3.63) is 24.3 Å². The topological polar surface area (TPSA) is 226 Å². The van der Waals surface area contributed by atoms with Crippen molar-refractivity contribution in [2.24, 2.45) is 0 Å². The van der Waals surface area contributed by atoms with Gasteiger partial charge in [0.15, 0.2) is 0 Å². The van der Waals surface area contributed by atoms with Gasteiger partial charge in [-0.05, 0) is 38.5 Å². The first-order valence-corrected chi connectivity index (χ1v) is 20.9. The van der Waals surface area contributed by atoms with Gasteiger partial charge in [-0.1, -0.05) is 122 Å². The molecule has 51 heavy (non-hydrogen) atoms. The molecule has 0 aromatic rings. The number of phosphoric acid groups is 1. The number of hydrogen-bond acceptors (Lipinski definition) is 11. The van der Waals surface area contributed by atoms with Crippen LogP contribution in [-0.4, -0.2) is 108 Å². The van der Waals surface area contributed by atoms with Gasteiger partial charge in [0.05, 0.1) is 31.3 Å². The first-order chi connectivity index (χ1) is 24.3. The fourth-order valence-corrected chi connectivity index (χ4v) is 6.95. The maximum absolute atomic E-state index is 12.9. The minimum atomic E-state index is -5.13. The zero-order valence-corrected chi connectivity index (χ0v) is 31.9. The molecule has 1 aliphatic carbocycles. The van der Waals surface area contributed by atoms with Crippen LogP contribution < -0.4 is 5.32 Å². The fourth-order valence-electron chi connectivity index (χ4n) is 5.98. The number of aliphatic hydroxyl groups is 7. The van der Waals surface area contributed by atoms with Crippen LogP contribution in [-0.2, 0) is 18.4 Å². The third-order valence-corrected chi connectivity index (χ3v) is 10.3. The number of phosphoric ester groups is 1. The highest BCUT2D eigenvalue weighted by atomic mass is 31.2. The van der Waals surface area contributed by atoms with Crippen LogP contribution in [0.5, 0.6) is 0 Å². The number of allylic oxidation sites excluding steroid dienone is 3. The summed E-state index contributed by atoms with van der Waals surface area (Å²) in [5.74, 6) is -0.607. The Bertz CT molecular complexity index is 985. The largest absolute Gasteiger partial charge is 0.472 e. The first-order valence-electron chi connectivity index (χ1n) is 19.4. The summed E-state index contributed by atoms with van der Waals surface area (Å²) in [6, 6.07) is -1.24. The lowest BCUT2D eigenvalue weighted by molar-refractivity contribution is -0.220. The van der Waals surface area contributed by atoms with Gasteiger partial charge in [0.2, 0.25) is 5.91 Å². The Morgan fingerprint density at radius 2 is 1.16 bits per heavy atom. The van der Waals surface area contributed by atoms with Crippen LogP contribution in [0.25, 0.3) is 0 Å². The van der Waals surface area contributed by atoms with Crippen LogP contribution in [0.4, 0.5) is 0 Å². The molecule has 1 amide bonds. The minimum Gasteiger partial charge on any atom is -0.393 e. The number of hydrogen-bond donors (Lipinski definition) is 9. The molecule has 8 unspecified atom stereocenters. The van der Waals surface area contributed by atoms with Gasteiger partial charge in [-0.2, -0.15) is 0 Å². The van der Waals surface area contributed by atoms with E-state index in [1.807, 2.05) is 0 Å². The van der Waals surface area contributed by atoms with Crippen molar-refractivity contribution < 1.29 is 59.0 Å². The second-order valence-electron chi connectivity index (χ2n) is 14.0. The quantitative estimate of drug-likeness (QED) is 0.0282. The van der Waals surface area contributed by atoms with Gasteiger partial charge >= 0.3 is 7.82 Å². The van der Waals surface area contributed by atoms with E-state index in [2.05, 4.69) is 31.3 Å². The molecule has 300 valence electrons. The highest BCUT2D eigenvalue weighted by Crippen LogP contribution is 2.47. The third-order valence-electron chi connectivity index (χ3n) is 9.28. The number of rotatable bonds is 30. The highest BCUT2D eigenvalue weighted by molar-refractivity contribution is 7.47. The van der Waals surface area contributed by atoms with Gasteiger partial charge in [-0.25, -0.2) is 4.57 Å². The number of carbonyl (C=O) groups excluding carboxylic acids is 1. The predicted molar refractivity (Wildman–Crippen MR) is 197 cm³/mol. The monoisotopic (exact) mass is 751 g/mol. The van der Waals surface area contributed by atoms with Crippen LogP contribution in [0.1, 0.15) is 142 Å². The summed E-state index contributed by atoms with van der Waals surface area (Å²) in [7, 11) is -5.13. The molecule has 1 fully saturated rings. The Morgan fingerprint density at radius 3 is 1.73 bits per heavy atom. The Hall–Kier alpha value is -1.22. The number of carbonyl (C=O) groups is 1. The van der Waals surface area contributed by atoms with Gasteiger partial charge in [0.1, 0.15) is 36.6 Å². The summed E-state index contributed by atoms with van der Waals surface area (Å²) in [6.07, 6.45) is 13.0. The third kappa shape index (κ3) is 21.3. The van der Waals surface area contributed by atoms with Crippen molar-refractivity contribution in [2.75, 3.05) is 6.61 Å². The van der Waals surface area contributed by atoms with Crippen LogP contribution in [0.15, 0.2) is 24.3 Å². The van der Waals surface area contributed by atoms with E-state index < -0.39 is 75.2 Å². The average molecular weight is 752 g/mol. The molecule has 9 N–H and O–H groups in total. The molecule has 0 radical (unpaired) electrons. The molecule has 0 aromatic carbocycles. The summed E-state index contributed by atoms with van der Waals surface area (Å²) in [5, 5.41) is 73.9. The normalized spacial score (nSPS) is 25.6. The van der Waals surface area contributed by atoms with Gasteiger partial charge in [-0.3, -0.25) is 13.8 Å². The van der Waals surface area contributed by atoms with Gasteiger partial charge in [-0.15, -0.1) is 0 Å². The Morgan fingerprint density at radius 1 is 0.686 bits per heavy atom. The molecule has 8 atom stereocenters. The molecule has 0 aliphatic heterocycles. The SMILES string of the molecule is CCCC/C=C\CCCCCC(O)CC(=O)NC(COP(=O)(O)OC1C(O)C(O)C(O)C(O)C1O)C(O)/C=C/CCCCCCCCCCCC. The predicted octanol–water partition coefficient (Wildman–Crippen LogP) is 4.47. The number of unbranched alkanes of at least 4 members (excludes halogenated alkanes) is 15. The second kappa shape index (κ2) is 28.3. The Kier molecular flexibility index (Phi) is 26.5. The van der Waals surface area contributed by atoms with Crippen molar-refractivity contribution in [2.45, 2.75) is 197 Å². The van der Waals surface area contributed by atoms with E-state index in [1.54, 1.807) is 6.08 Å². The molecule has 0 heterocycles. The van der Waals surface area contributed by atoms with Gasteiger partial charge < -0.3 is 46.0 Å². The standard InChI is InChI=1S/C37H70NO12P/c1-3-5-7-9-11-13-14-15-17-19-21-23-25-30(40)29(38-31(41)26-28(39)24-22-20-18-16-12-10-8-6-4-2)27-49-51(47,48)50-37-35(45)33(43)32(42)34(44)36(37)46/h10,12,23,25,28-30,32-37,39-40,42-46H,3-9,11,13-22,24,26-27H2,1-2H3,(H,38,41)(H,47,48)/b12-10-,25-23+. The van der Waals surface area contributed by atoms with Crippen LogP contribution in [0.2, 0.25) is 0 Å². The lowest BCUT2D eigenvalue weighted by Gasteiger charge is -2.41. The molecule has 1 aliphatic rings. The maximum atomic E-state index is 12.9. The van der Waals surface area contributed by atoms with Crippen molar-refractivity contribution in [1.82, 2.24) is 5.32 Å². The molecular formula is C37H70NO12P. The zero-order valence-electron chi connectivity index (χ0n) is 31.0. The lowest BCUT2D eigenvalue weighted by atomic mass is 9.85. The summed E-state index contributed by atoms with van der Waals surface area (Å²) in [6.45, 7) is 3.62. The molecule has 0 spiro atoms. The van der Waals surface area contributed by atoms with E-state index in [1.165, 1.54) is 57.4 Å². The molecule has 0 aromatic heterocycles.